The summed E-state index contributed by atoms with van der Waals surface area (Å²) in [6.45, 7) is 3.68. The first-order chi connectivity index (χ1) is 15.7. The molecule has 1 unspecified atom stereocenters. The lowest BCUT2D eigenvalue weighted by atomic mass is 9.92. The number of hydrogen-bond acceptors (Lipinski definition) is 4. The molecule has 1 atom stereocenters. The van der Waals surface area contributed by atoms with E-state index in [1.165, 1.54) is 17.5 Å². The lowest BCUT2D eigenvalue weighted by Crippen LogP contribution is -2.38. The minimum absolute atomic E-state index is 0. The van der Waals surface area contributed by atoms with Crippen LogP contribution in [-0.4, -0.2) is 52.2 Å². The number of nitrogens with zero attached hydrogens (tertiary/aromatic N) is 3. The van der Waals surface area contributed by atoms with Gasteiger partial charge in [0.05, 0.1) is 11.3 Å². The number of aromatic nitrogens is 3. The van der Waals surface area contributed by atoms with Gasteiger partial charge >= 0.3 is 0 Å². The van der Waals surface area contributed by atoms with Crippen LogP contribution in [0.1, 0.15) is 58.1 Å². The Balaban J connectivity index is 0.00000162. The topological polar surface area (TPSA) is 73.9 Å². The zero-order valence-electron chi connectivity index (χ0n) is 19.3. The van der Waals surface area contributed by atoms with E-state index in [0.717, 1.165) is 68.8 Å². The number of carbonyl (C=O) groups is 1. The number of piperidine rings is 1. The minimum atomic E-state index is 0. The zero-order valence-corrected chi connectivity index (χ0v) is 20.9. The first-order valence-corrected chi connectivity index (χ1v) is 11.8. The van der Waals surface area contributed by atoms with E-state index >= 15 is 0 Å². The molecule has 6 nitrogen and oxygen atoms in total. The van der Waals surface area contributed by atoms with E-state index in [4.69, 9.17) is 0 Å². The van der Waals surface area contributed by atoms with Crippen molar-refractivity contribution in [1.29, 1.82) is 0 Å². The van der Waals surface area contributed by atoms with Gasteiger partial charge in [-0.3, -0.25) is 14.9 Å². The van der Waals surface area contributed by atoms with Crippen LogP contribution in [0.5, 0.6) is 0 Å². The molecule has 1 amide bonds. The van der Waals surface area contributed by atoms with E-state index in [1.54, 1.807) is 6.20 Å². The molecule has 0 saturated carbocycles. The molecule has 0 spiro atoms. The van der Waals surface area contributed by atoms with E-state index in [9.17, 15) is 4.79 Å². The Bertz CT molecular complexity index is 1040. The second kappa shape index (κ2) is 12.3. The summed E-state index contributed by atoms with van der Waals surface area (Å²) in [4.78, 5) is 19.4. The molecule has 8 heteroatoms. The number of rotatable bonds is 6. The first kappa shape index (κ1) is 26.2. The number of carbonyl (C=O) groups excluding carboxylic acids is 1. The molecule has 2 fully saturated rings. The first-order valence-electron chi connectivity index (χ1n) is 11.8. The number of benzene rings is 1. The molecule has 0 aliphatic carbocycles. The number of aromatic amines is 1. The molecule has 2 N–H and O–H groups in total. The lowest BCUT2D eigenvalue weighted by Gasteiger charge is -2.31. The van der Waals surface area contributed by atoms with Crippen LogP contribution in [0.3, 0.4) is 0 Å². The summed E-state index contributed by atoms with van der Waals surface area (Å²) < 4.78 is 0. The van der Waals surface area contributed by atoms with Gasteiger partial charge in [-0.1, -0.05) is 30.3 Å². The van der Waals surface area contributed by atoms with Crippen molar-refractivity contribution in [2.24, 2.45) is 5.92 Å². The number of hydrogen-bond donors (Lipinski definition) is 2. The average Bonchev–Trinajstić information content (AvgIpc) is 3.52. The summed E-state index contributed by atoms with van der Waals surface area (Å²) in [5.41, 5.74) is 5.43. The van der Waals surface area contributed by atoms with E-state index in [-0.39, 0.29) is 30.7 Å². The third-order valence-corrected chi connectivity index (χ3v) is 6.82. The van der Waals surface area contributed by atoms with Crippen LogP contribution in [-0.2, 0) is 12.8 Å². The molecule has 4 heterocycles. The smallest absolute Gasteiger partial charge is 0.255 e. The van der Waals surface area contributed by atoms with Crippen molar-refractivity contribution in [2.45, 2.75) is 38.0 Å². The van der Waals surface area contributed by atoms with Crippen molar-refractivity contribution < 1.29 is 4.79 Å². The maximum atomic E-state index is 13.1. The number of H-pyrrole nitrogens is 1. The Labute approximate surface area is 213 Å². The fourth-order valence-electron chi connectivity index (χ4n) is 4.99. The largest absolute Gasteiger partial charge is 0.339 e. The Morgan fingerprint density at radius 2 is 1.79 bits per heavy atom. The molecular weight excluding hydrogens is 469 g/mol. The molecule has 5 rings (SSSR count). The fraction of sp³-hybridized carbons (Fsp3) is 0.423. The third kappa shape index (κ3) is 6.38. The molecule has 2 aliphatic rings. The van der Waals surface area contributed by atoms with Gasteiger partial charge in [-0.05, 0) is 68.0 Å². The van der Waals surface area contributed by atoms with Crippen LogP contribution < -0.4 is 5.32 Å². The quantitative estimate of drug-likeness (QED) is 0.524. The lowest BCUT2D eigenvalue weighted by molar-refractivity contribution is 0.0711. The molecule has 2 saturated heterocycles. The molecular formula is C26H33Cl2N5O. The van der Waals surface area contributed by atoms with Crippen LogP contribution >= 0.6 is 24.8 Å². The average molecular weight is 502 g/mol. The van der Waals surface area contributed by atoms with Gasteiger partial charge < -0.3 is 10.2 Å². The fourth-order valence-corrected chi connectivity index (χ4v) is 4.99. The van der Waals surface area contributed by atoms with Gasteiger partial charge in [0.2, 0.25) is 0 Å². The number of halogens is 2. The summed E-state index contributed by atoms with van der Waals surface area (Å²) >= 11 is 0. The molecule has 0 radical (unpaired) electrons. The number of amides is 1. The number of nitrogens with one attached hydrogen (secondary N) is 2. The Hall–Kier alpha value is -2.41. The second-order valence-corrected chi connectivity index (χ2v) is 9.19. The monoisotopic (exact) mass is 501 g/mol. The van der Waals surface area contributed by atoms with Gasteiger partial charge in [0.15, 0.2) is 0 Å². The van der Waals surface area contributed by atoms with Crippen LogP contribution in [0, 0.1) is 5.92 Å². The highest BCUT2D eigenvalue weighted by Crippen LogP contribution is 2.28. The van der Waals surface area contributed by atoms with Gasteiger partial charge in [-0.25, -0.2) is 0 Å². The highest BCUT2D eigenvalue weighted by atomic mass is 35.5. The maximum Gasteiger partial charge on any atom is 0.255 e. The molecule has 34 heavy (non-hydrogen) atoms. The standard InChI is InChI=1S/C26H31N5O.2ClH/c32-26(23-13-21(17-28-18-23)12-20-6-9-27-16-20)31-10-7-22(8-11-31)25-15-24(29-30-25)14-19-4-2-1-3-5-19;;/h1-5,13,15,17-18,20,22,27H,6-12,14,16H2,(H,29,30);2*1H. The second-order valence-electron chi connectivity index (χ2n) is 9.19. The van der Waals surface area contributed by atoms with Crippen molar-refractivity contribution in [2.75, 3.05) is 26.2 Å². The van der Waals surface area contributed by atoms with Crippen molar-refractivity contribution >= 4 is 30.7 Å². The van der Waals surface area contributed by atoms with E-state index in [0.29, 0.717) is 11.8 Å². The normalized spacial score (nSPS) is 18.2. The predicted molar refractivity (Wildman–Crippen MR) is 139 cm³/mol. The van der Waals surface area contributed by atoms with E-state index in [1.807, 2.05) is 23.2 Å². The third-order valence-electron chi connectivity index (χ3n) is 6.82. The number of pyridine rings is 1. The minimum Gasteiger partial charge on any atom is -0.339 e. The Morgan fingerprint density at radius 3 is 2.53 bits per heavy atom. The van der Waals surface area contributed by atoms with Crippen molar-refractivity contribution in [3.63, 3.8) is 0 Å². The van der Waals surface area contributed by atoms with Gasteiger partial charge in [0, 0.05) is 43.5 Å². The van der Waals surface area contributed by atoms with Gasteiger partial charge in [0.1, 0.15) is 0 Å². The van der Waals surface area contributed by atoms with E-state index in [2.05, 4.69) is 50.8 Å². The van der Waals surface area contributed by atoms with Crippen molar-refractivity contribution in [3.8, 4) is 0 Å². The molecule has 2 aliphatic heterocycles. The Kier molecular flexibility index (Phi) is 9.51. The van der Waals surface area contributed by atoms with Crippen LogP contribution in [0.25, 0.3) is 0 Å². The van der Waals surface area contributed by atoms with Crippen LogP contribution in [0.2, 0.25) is 0 Å². The molecule has 3 aromatic rings. The molecule has 2 aromatic heterocycles. The molecule has 182 valence electrons. The highest BCUT2D eigenvalue weighted by Gasteiger charge is 2.26. The summed E-state index contributed by atoms with van der Waals surface area (Å²) in [5.74, 6) is 1.16. The van der Waals surface area contributed by atoms with Crippen LogP contribution in [0.15, 0.2) is 54.9 Å². The van der Waals surface area contributed by atoms with Crippen LogP contribution in [0.4, 0.5) is 0 Å². The summed E-state index contributed by atoms with van der Waals surface area (Å²) in [6.07, 6.45) is 8.58. The maximum absolute atomic E-state index is 13.1. The SMILES string of the molecule is Cl.Cl.O=C(c1cncc(CC2CCNC2)c1)N1CCC(c2cc(Cc3ccccc3)[nH]n2)CC1. The van der Waals surface area contributed by atoms with Gasteiger partial charge in [-0.2, -0.15) is 5.10 Å². The summed E-state index contributed by atoms with van der Waals surface area (Å²) in [6, 6.07) is 14.7. The Morgan fingerprint density at radius 1 is 1.00 bits per heavy atom. The predicted octanol–water partition coefficient (Wildman–Crippen LogP) is 4.41. The summed E-state index contributed by atoms with van der Waals surface area (Å²) in [5, 5.41) is 11.2. The number of likely N-dealkylation sites (tertiary alicyclic amines) is 1. The van der Waals surface area contributed by atoms with E-state index < -0.39 is 0 Å². The highest BCUT2D eigenvalue weighted by molar-refractivity contribution is 5.94. The van der Waals surface area contributed by atoms with Crippen molar-refractivity contribution in [1.82, 2.24) is 25.4 Å². The summed E-state index contributed by atoms with van der Waals surface area (Å²) in [7, 11) is 0. The molecule has 0 bridgehead atoms. The zero-order chi connectivity index (χ0) is 21.8. The molecule has 1 aromatic carbocycles. The van der Waals surface area contributed by atoms with Crippen molar-refractivity contribution in [3.05, 3.63) is 82.9 Å². The van der Waals surface area contributed by atoms with Gasteiger partial charge in [-0.15, -0.1) is 24.8 Å². The van der Waals surface area contributed by atoms with Gasteiger partial charge in [0.25, 0.3) is 5.91 Å².